The quantitative estimate of drug-likeness (QED) is 0.199. The number of hydrogen-bond donors (Lipinski definition) is 0. The first-order valence-corrected chi connectivity index (χ1v) is 15.7. The number of ether oxygens (including phenoxy) is 1. The van der Waals surface area contributed by atoms with Crippen molar-refractivity contribution in [3.8, 4) is 44.9 Å². The Kier molecular flexibility index (Phi) is 6.17. The van der Waals surface area contributed by atoms with E-state index in [0.29, 0.717) is 0 Å². The van der Waals surface area contributed by atoms with E-state index in [4.69, 9.17) is 4.74 Å². The van der Waals surface area contributed by atoms with Gasteiger partial charge in [0.2, 0.25) is 0 Å². The van der Waals surface area contributed by atoms with E-state index < -0.39 is 0 Å². The normalized spacial score (nSPS) is 11.7. The summed E-state index contributed by atoms with van der Waals surface area (Å²) in [7, 11) is 0. The molecule has 0 saturated heterocycles. The van der Waals surface area contributed by atoms with Gasteiger partial charge in [-0.1, -0.05) is 115 Å². The monoisotopic (exact) mass is 587 g/mol. The highest BCUT2D eigenvalue weighted by Gasteiger charge is 2.23. The first-order chi connectivity index (χ1) is 22.8. The van der Waals surface area contributed by atoms with Gasteiger partial charge in [-0.2, -0.15) is 0 Å². The molecule has 0 saturated carbocycles. The van der Waals surface area contributed by atoms with Crippen LogP contribution in [0.4, 0.5) is 17.1 Å². The average Bonchev–Trinajstić information content (AvgIpc) is 3.12. The zero-order valence-electron chi connectivity index (χ0n) is 25.1. The molecule has 9 rings (SSSR count). The highest BCUT2D eigenvalue weighted by atomic mass is 16.5. The van der Waals surface area contributed by atoms with E-state index in [2.05, 4.69) is 175 Å². The van der Waals surface area contributed by atoms with Gasteiger partial charge in [-0.05, 0) is 99.1 Å². The topological polar surface area (TPSA) is 12.5 Å². The summed E-state index contributed by atoms with van der Waals surface area (Å²) in [5.74, 6) is 1.80. The zero-order valence-corrected chi connectivity index (χ0v) is 25.1. The Hall–Kier alpha value is -6.12. The smallest absolute Gasteiger partial charge is 0.135 e. The predicted molar refractivity (Wildman–Crippen MR) is 193 cm³/mol. The molecule has 0 aromatic heterocycles. The molecule has 0 unspecified atom stereocenters. The Labute approximate surface area is 268 Å². The van der Waals surface area contributed by atoms with Gasteiger partial charge in [-0.15, -0.1) is 0 Å². The van der Waals surface area contributed by atoms with Crippen molar-refractivity contribution in [3.05, 3.63) is 176 Å². The molecule has 0 spiro atoms. The fourth-order valence-corrected chi connectivity index (χ4v) is 6.83. The van der Waals surface area contributed by atoms with Gasteiger partial charge in [0.25, 0.3) is 0 Å². The molecule has 2 heteroatoms. The number of fused-ring (bicyclic) bond motifs is 3. The van der Waals surface area contributed by atoms with Crippen molar-refractivity contribution in [1.29, 1.82) is 0 Å². The van der Waals surface area contributed by atoms with Crippen molar-refractivity contribution < 1.29 is 4.74 Å². The van der Waals surface area contributed by atoms with Crippen LogP contribution in [-0.2, 0) is 0 Å². The van der Waals surface area contributed by atoms with Crippen LogP contribution in [0.1, 0.15) is 0 Å². The minimum absolute atomic E-state index is 0.894. The molecular formula is C44H29NO. The maximum absolute atomic E-state index is 6.33. The van der Waals surface area contributed by atoms with Crippen LogP contribution >= 0.6 is 0 Å². The fourth-order valence-electron chi connectivity index (χ4n) is 6.83. The van der Waals surface area contributed by atoms with Gasteiger partial charge < -0.3 is 9.64 Å². The molecule has 1 aliphatic heterocycles. The van der Waals surface area contributed by atoms with E-state index in [-0.39, 0.29) is 0 Å². The summed E-state index contributed by atoms with van der Waals surface area (Å²) in [6, 6.07) is 62.8. The summed E-state index contributed by atoms with van der Waals surface area (Å²) in [6.45, 7) is 0. The Morgan fingerprint density at radius 1 is 0.348 bits per heavy atom. The van der Waals surface area contributed by atoms with E-state index in [1.807, 2.05) is 6.07 Å². The molecule has 2 nitrogen and oxygen atoms in total. The molecule has 1 heterocycles. The SMILES string of the molecule is c1ccc(N(c2ccc(-c3ccc4ccccc4c3)cc2)c2ccccc2-c2cc3c4c(cccc4c2)Oc2ccccc2-3)cc1. The number of para-hydroxylation sites is 3. The summed E-state index contributed by atoms with van der Waals surface area (Å²) >= 11 is 0. The lowest BCUT2D eigenvalue weighted by atomic mass is 9.90. The van der Waals surface area contributed by atoms with Gasteiger partial charge >= 0.3 is 0 Å². The maximum Gasteiger partial charge on any atom is 0.135 e. The van der Waals surface area contributed by atoms with Crippen molar-refractivity contribution in [2.24, 2.45) is 0 Å². The van der Waals surface area contributed by atoms with Crippen LogP contribution in [0.3, 0.4) is 0 Å². The van der Waals surface area contributed by atoms with Crippen LogP contribution in [0.2, 0.25) is 0 Å². The number of hydrogen-bond acceptors (Lipinski definition) is 2. The Morgan fingerprint density at radius 2 is 0.978 bits per heavy atom. The minimum atomic E-state index is 0.894. The first-order valence-electron chi connectivity index (χ1n) is 15.7. The van der Waals surface area contributed by atoms with E-state index in [0.717, 1.165) is 45.1 Å². The van der Waals surface area contributed by atoms with Crippen LogP contribution < -0.4 is 9.64 Å². The van der Waals surface area contributed by atoms with Crippen molar-refractivity contribution in [2.75, 3.05) is 4.90 Å². The van der Waals surface area contributed by atoms with Gasteiger partial charge in [0.15, 0.2) is 0 Å². The number of anilines is 3. The molecule has 0 bridgehead atoms. The van der Waals surface area contributed by atoms with Crippen LogP contribution in [-0.4, -0.2) is 0 Å². The van der Waals surface area contributed by atoms with E-state index >= 15 is 0 Å². The third-order valence-electron chi connectivity index (χ3n) is 9.01. The van der Waals surface area contributed by atoms with E-state index in [1.165, 1.54) is 38.4 Å². The van der Waals surface area contributed by atoms with Gasteiger partial charge in [-0.25, -0.2) is 0 Å². The van der Waals surface area contributed by atoms with Gasteiger partial charge in [0.05, 0.1) is 5.69 Å². The lowest BCUT2D eigenvalue weighted by molar-refractivity contribution is 0.487. The molecule has 0 fully saturated rings. The Bertz CT molecular complexity index is 2390. The van der Waals surface area contributed by atoms with Crippen LogP contribution in [0, 0.1) is 0 Å². The first kappa shape index (κ1) is 26.3. The fraction of sp³-hybridized carbons (Fsp3) is 0. The maximum atomic E-state index is 6.33. The molecule has 8 aromatic carbocycles. The number of nitrogens with zero attached hydrogens (tertiary/aromatic N) is 1. The van der Waals surface area contributed by atoms with Crippen molar-refractivity contribution in [3.63, 3.8) is 0 Å². The van der Waals surface area contributed by atoms with Crippen molar-refractivity contribution in [1.82, 2.24) is 0 Å². The number of rotatable bonds is 5. The zero-order chi connectivity index (χ0) is 30.5. The van der Waals surface area contributed by atoms with Crippen LogP contribution in [0.15, 0.2) is 176 Å². The summed E-state index contributed by atoms with van der Waals surface area (Å²) < 4.78 is 6.33. The molecule has 46 heavy (non-hydrogen) atoms. The Morgan fingerprint density at radius 3 is 1.85 bits per heavy atom. The molecule has 216 valence electrons. The molecule has 0 N–H and O–H groups in total. The van der Waals surface area contributed by atoms with Crippen LogP contribution in [0.25, 0.3) is 54.9 Å². The molecule has 0 radical (unpaired) electrons. The summed E-state index contributed by atoms with van der Waals surface area (Å²) in [6.07, 6.45) is 0. The molecular weight excluding hydrogens is 558 g/mol. The molecule has 0 amide bonds. The molecule has 0 atom stereocenters. The second kappa shape index (κ2) is 10.8. The largest absolute Gasteiger partial charge is 0.456 e. The minimum Gasteiger partial charge on any atom is -0.456 e. The lowest BCUT2D eigenvalue weighted by Crippen LogP contribution is -2.11. The predicted octanol–water partition coefficient (Wildman–Crippen LogP) is 12.6. The highest BCUT2D eigenvalue weighted by Crippen LogP contribution is 2.49. The van der Waals surface area contributed by atoms with Crippen molar-refractivity contribution in [2.45, 2.75) is 0 Å². The van der Waals surface area contributed by atoms with Gasteiger partial charge in [0, 0.05) is 27.9 Å². The summed E-state index contributed by atoms with van der Waals surface area (Å²) in [4.78, 5) is 2.36. The summed E-state index contributed by atoms with van der Waals surface area (Å²) in [5.41, 5.74) is 10.4. The molecule has 0 aliphatic carbocycles. The van der Waals surface area contributed by atoms with E-state index in [9.17, 15) is 0 Å². The van der Waals surface area contributed by atoms with Crippen molar-refractivity contribution >= 4 is 38.6 Å². The molecule has 1 aliphatic rings. The van der Waals surface area contributed by atoms with E-state index in [1.54, 1.807) is 0 Å². The highest BCUT2D eigenvalue weighted by molar-refractivity contribution is 6.07. The van der Waals surface area contributed by atoms with Gasteiger partial charge in [-0.3, -0.25) is 0 Å². The Balaban J connectivity index is 1.19. The van der Waals surface area contributed by atoms with Crippen LogP contribution in [0.5, 0.6) is 11.5 Å². The second-order valence-electron chi connectivity index (χ2n) is 11.8. The summed E-state index contributed by atoms with van der Waals surface area (Å²) in [5, 5.41) is 4.83. The lowest BCUT2D eigenvalue weighted by Gasteiger charge is -2.28. The average molecular weight is 588 g/mol. The third kappa shape index (κ3) is 4.43. The standard InChI is InChI=1S/C44H29NO/c1-2-14-36(15-3-1)45(37-25-23-31(24-26-37)33-22-21-30-11-4-5-12-32(30)27-33)41-18-8-6-16-38(41)35-28-34-13-10-20-43-44(34)40(29-35)39-17-7-9-19-42(39)46-43/h1-29H. The van der Waals surface area contributed by atoms with Gasteiger partial charge in [0.1, 0.15) is 11.5 Å². The number of benzene rings is 8. The second-order valence-corrected chi connectivity index (χ2v) is 11.8. The molecule has 8 aromatic rings. The third-order valence-corrected chi connectivity index (χ3v) is 9.01.